The van der Waals surface area contributed by atoms with Crippen molar-refractivity contribution >= 4 is 21.6 Å². The Morgan fingerprint density at radius 2 is 1.94 bits per heavy atom. The molecule has 0 aromatic heterocycles. The zero-order valence-corrected chi connectivity index (χ0v) is 11.0. The van der Waals surface area contributed by atoms with Crippen molar-refractivity contribution in [1.82, 2.24) is 5.32 Å². The van der Waals surface area contributed by atoms with Crippen LogP contribution in [0, 0.1) is 5.41 Å². The minimum absolute atomic E-state index is 0.575. The summed E-state index contributed by atoms with van der Waals surface area (Å²) >= 11 is 3.48. The average molecular weight is 281 g/mol. The number of piperidine rings is 1. The first-order chi connectivity index (χ1) is 7.77. The number of nitrogens with one attached hydrogen (secondary N) is 1. The largest absolute Gasteiger partial charge is 0.370 e. The molecule has 2 heterocycles. The van der Waals surface area contributed by atoms with E-state index in [2.05, 4.69) is 50.4 Å². The standard InChI is InChI=1S/C13H17BrN2/c14-11-2-4-12(5-3-11)16-9-13(10-16)6-1-7-15-8-13/h2-5,15H,1,6-10H2. The van der Waals surface area contributed by atoms with Gasteiger partial charge in [-0.05, 0) is 43.7 Å². The summed E-state index contributed by atoms with van der Waals surface area (Å²) in [5.41, 5.74) is 1.94. The fourth-order valence-electron chi connectivity index (χ4n) is 2.90. The lowest BCUT2D eigenvalue weighted by Crippen LogP contribution is -2.62. The van der Waals surface area contributed by atoms with E-state index in [1.165, 1.54) is 44.7 Å². The Kier molecular flexibility index (Phi) is 2.68. The summed E-state index contributed by atoms with van der Waals surface area (Å²) in [6.07, 6.45) is 2.74. The second-order valence-electron chi connectivity index (χ2n) is 5.11. The highest BCUT2D eigenvalue weighted by Gasteiger charge is 2.43. The molecule has 0 amide bonds. The molecule has 2 saturated heterocycles. The second kappa shape index (κ2) is 4.04. The maximum atomic E-state index is 3.52. The Morgan fingerprint density at radius 1 is 1.19 bits per heavy atom. The third kappa shape index (κ3) is 1.87. The van der Waals surface area contributed by atoms with Gasteiger partial charge in [0.05, 0.1) is 0 Å². The van der Waals surface area contributed by atoms with E-state index >= 15 is 0 Å². The van der Waals surface area contributed by atoms with Gasteiger partial charge in [0.25, 0.3) is 0 Å². The number of benzene rings is 1. The van der Waals surface area contributed by atoms with Crippen molar-refractivity contribution in [2.45, 2.75) is 12.8 Å². The zero-order chi connectivity index (χ0) is 11.0. The van der Waals surface area contributed by atoms with Gasteiger partial charge in [-0.2, -0.15) is 0 Å². The van der Waals surface area contributed by atoms with Gasteiger partial charge in [0.15, 0.2) is 0 Å². The van der Waals surface area contributed by atoms with E-state index in [4.69, 9.17) is 0 Å². The van der Waals surface area contributed by atoms with Crippen LogP contribution >= 0.6 is 15.9 Å². The summed E-state index contributed by atoms with van der Waals surface area (Å²) in [7, 11) is 0. The number of hydrogen-bond donors (Lipinski definition) is 1. The van der Waals surface area contributed by atoms with E-state index in [0.29, 0.717) is 5.41 Å². The number of rotatable bonds is 1. The summed E-state index contributed by atoms with van der Waals surface area (Å²) in [6.45, 7) is 4.86. The molecule has 3 rings (SSSR count). The van der Waals surface area contributed by atoms with Gasteiger partial charge in [0.2, 0.25) is 0 Å². The number of nitrogens with zero attached hydrogens (tertiary/aromatic N) is 1. The zero-order valence-electron chi connectivity index (χ0n) is 9.38. The first-order valence-corrected chi connectivity index (χ1v) is 6.78. The Labute approximate surface area is 105 Å². The third-order valence-electron chi connectivity index (χ3n) is 3.80. The molecule has 1 spiro atoms. The van der Waals surface area contributed by atoms with Gasteiger partial charge in [0, 0.05) is 35.2 Å². The van der Waals surface area contributed by atoms with E-state index in [-0.39, 0.29) is 0 Å². The molecule has 1 aromatic rings. The molecule has 2 aliphatic rings. The van der Waals surface area contributed by atoms with Gasteiger partial charge in [-0.3, -0.25) is 0 Å². The van der Waals surface area contributed by atoms with Gasteiger partial charge in [-0.25, -0.2) is 0 Å². The summed E-state index contributed by atoms with van der Waals surface area (Å²) < 4.78 is 1.16. The maximum Gasteiger partial charge on any atom is 0.0367 e. The van der Waals surface area contributed by atoms with Gasteiger partial charge >= 0.3 is 0 Å². The van der Waals surface area contributed by atoms with Crippen LogP contribution in [0.15, 0.2) is 28.7 Å². The van der Waals surface area contributed by atoms with Crippen LogP contribution in [-0.4, -0.2) is 26.2 Å². The highest BCUT2D eigenvalue weighted by Crippen LogP contribution is 2.39. The van der Waals surface area contributed by atoms with Gasteiger partial charge in [-0.1, -0.05) is 15.9 Å². The summed E-state index contributed by atoms with van der Waals surface area (Å²) in [4.78, 5) is 2.49. The molecule has 0 unspecified atom stereocenters. The van der Waals surface area contributed by atoms with Crippen LogP contribution in [0.25, 0.3) is 0 Å². The van der Waals surface area contributed by atoms with Crippen molar-refractivity contribution in [2.24, 2.45) is 5.41 Å². The Bertz CT molecular complexity index is 360. The van der Waals surface area contributed by atoms with Gasteiger partial charge in [-0.15, -0.1) is 0 Å². The molecule has 1 aromatic carbocycles. The second-order valence-corrected chi connectivity index (χ2v) is 6.03. The topological polar surface area (TPSA) is 15.3 Å². The number of halogens is 1. The molecular formula is C13H17BrN2. The molecule has 0 bridgehead atoms. The lowest BCUT2D eigenvalue weighted by molar-refractivity contribution is 0.157. The lowest BCUT2D eigenvalue weighted by atomic mass is 9.74. The summed E-state index contributed by atoms with van der Waals surface area (Å²) in [5.74, 6) is 0. The summed E-state index contributed by atoms with van der Waals surface area (Å²) in [6, 6.07) is 8.65. The highest BCUT2D eigenvalue weighted by atomic mass is 79.9. The molecule has 86 valence electrons. The molecule has 2 nitrogen and oxygen atoms in total. The van der Waals surface area contributed by atoms with Crippen molar-refractivity contribution in [2.75, 3.05) is 31.1 Å². The van der Waals surface area contributed by atoms with Crippen LogP contribution < -0.4 is 10.2 Å². The molecule has 1 N–H and O–H groups in total. The molecular weight excluding hydrogens is 264 g/mol. The average Bonchev–Trinajstić information content (AvgIpc) is 2.28. The van der Waals surface area contributed by atoms with Crippen molar-refractivity contribution in [3.63, 3.8) is 0 Å². The molecule has 2 aliphatic heterocycles. The van der Waals surface area contributed by atoms with Crippen LogP contribution in [0.5, 0.6) is 0 Å². The first-order valence-electron chi connectivity index (χ1n) is 5.99. The third-order valence-corrected chi connectivity index (χ3v) is 4.33. The van der Waals surface area contributed by atoms with E-state index in [9.17, 15) is 0 Å². The van der Waals surface area contributed by atoms with Crippen molar-refractivity contribution in [1.29, 1.82) is 0 Å². The number of anilines is 1. The smallest absolute Gasteiger partial charge is 0.0367 e. The molecule has 3 heteroatoms. The fourth-order valence-corrected chi connectivity index (χ4v) is 3.16. The van der Waals surface area contributed by atoms with Crippen molar-refractivity contribution in [3.05, 3.63) is 28.7 Å². The quantitative estimate of drug-likeness (QED) is 0.851. The van der Waals surface area contributed by atoms with Crippen molar-refractivity contribution in [3.8, 4) is 0 Å². The van der Waals surface area contributed by atoms with Gasteiger partial charge in [0.1, 0.15) is 0 Å². The van der Waals surface area contributed by atoms with Crippen LogP contribution in [-0.2, 0) is 0 Å². The monoisotopic (exact) mass is 280 g/mol. The number of hydrogen-bond acceptors (Lipinski definition) is 2. The normalized spacial score (nSPS) is 23.2. The minimum atomic E-state index is 0.575. The van der Waals surface area contributed by atoms with E-state index in [0.717, 1.165) is 4.47 Å². The first kappa shape index (κ1) is 10.6. The maximum absolute atomic E-state index is 3.52. The van der Waals surface area contributed by atoms with E-state index < -0.39 is 0 Å². The molecule has 0 aliphatic carbocycles. The predicted octanol–water partition coefficient (Wildman–Crippen LogP) is 2.64. The molecule has 2 fully saturated rings. The van der Waals surface area contributed by atoms with Crippen LogP contribution in [0.2, 0.25) is 0 Å². The SMILES string of the molecule is Brc1ccc(N2CC3(CCCNC3)C2)cc1. The van der Waals surface area contributed by atoms with Crippen molar-refractivity contribution < 1.29 is 0 Å². The van der Waals surface area contributed by atoms with Crippen LogP contribution in [0.1, 0.15) is 12.8 Å². The van der Waals surface area contributed by atoms with Gasteiger partial charge < -0.3 is 10.2 Å². The fraction of sp³-hybridized carbons (Fsp3) is 0.538. The van der Waals surface area contributed by atoms with E-state index in [1.807, 2.05) is 0 Å². The van der Waals surface area contributed by atoms with Crippen LogP contribution in [0.4, 0.5) is 5.69 Å². The highest BCUT2D eigenvalue weighted by molar-refractivity contribution is 9.10. The van der Waals surface area contributed by atoms with E-state index in [1.54, 1.807) is 0 Å². The minimum Gasteiger partial charge on any atom is -0.370 e. The molecule has 0 saturated carbocycles. The lowest BCUT2D eigenvalue weighted by Gasteiger charge is -2.53. The van der Waals surface area contributed by atoms with Crippen LogP contribution in [0.3, 0.4) is 0 Å². The molecule has 0 atom stereocenters. The Morgan fingerprint density at radius 3 is 2.56 bits per heavy atom. The predicted molar refractivity (Wildman–Crippen MR) is 70.9 cm³/mol. The Balaban J connectivity index is 1.66. The Hall–Kier alpha value is -0.540. The summed E-state index contributed by atoms with van der Waals surface area (Å²) in [5, 5.41) is 3.52. The molecule has 0 radical (unpaired) electrons. The molecule has 16 heavy (non-hydrogen) atoms.